The first-order chi connectivity index (χ1) is 13.3. The molecule has 156 valence electrons. The van der Waals surface area contributed by atoms with E-state index < -0.39 is 0 Å². The van der Waals surface area contributed by atoms with Crippen LogP contribution in [0.3, 0.4) is 0 Å². The van der Waals surface area contributed by atoms with Gasteiger partial charge in [-0.1, -0.05) is 11.6 Å². The molecule has 0 saturated carbocycles. The van der Waals surface area contributed by atoms with E-state index in [0.29, 0.717) is 18.3 Å². The summed E-state index contributed by atoms with van der Waals surface area (Å²) in [4.78, 5) is 8.63. The number of methoxy groups -OCH3 is 2. The Labute approximate surface area is 183 Å². The monoisotopic (exact) mass is 503 g/mol. The zero-order chi connectivity index (χ0) is 19.3. The molecule has 0 spiro atoms. The number of aryl methyl sites for hydroxylation is 1. The SMILES string of the molecule is CN=C(NCCCCCc1nc(-c2ccc(OC)cc2)no1)NCCOC.I. The van der Waals surface area contributed by atoms with Crippen LogP contribution in [0.4, 0.5) is 0 Å². The van der Waals surface area contributed by atoms with Gasteiger partial charge in [-0.05, 0) is 37.1 Å². The number of nitrogens with one attached hydrogen (secondary N) is 2. The average Bonchev–Trinajstić information content (AvgIpc) is 3.18. The van der Waals surface area contributed by atoms with Gasteiger partial charge >= 0.3 is 0 Å². The van der Waals surface area contributed by atoms with Crippen molar-refractivity contribution >= 4 is 29.9 Å². The van der Waals surface area contributed by atoms with E-state index in [-0.39, 0.29) is 24.0 Å². The molecule has 0 unspecified atom stereocenters. The number of hydrogen-bond acceptors (Lipinski definition) is 6. The molecule has 28 heavy (non-hydrogen) atoms. The predicted octanol–water partition coefficient (Wildman–Crippen LogP) is 2.89. The number of unbranched alkanes of at least 4 members (excludes halogenated alkanes) is 2. The Morgan fingerprint density at radius 1 is 1.07 bits per heavy atom. The minimum atomic E-state index is 0. The summed E-state index contributed by atoms with van der Waals surface area (Å²) in [5.41, 5.74) is 0.919. The molecule has 0 aliphatic carbocycles. The van der Waals surface area contributed by atoms with Crippen LogP contribution in [0.5, 0.6) is 5.75 Å². The van der Waals surface area contributed by atoms with Crippen molar-refractivity contribution in [2.24, 2.45) is 4.99 Å². The normalized spacial score (nSPS) is 11.0. The third-order valence-electron chi connectivity index (χ3n) is 4.00. The van der Waals surface area contributed by atoms with Crippen LogP contribution >= 0.6 is 24.0 Å². The third kappa shape index (κ3) is 8.42. The van der Waals surface area contributed by atoms with Crippen LogP contribution in [0, 0.1) is 0 Å². The van der Waals surface area contributed by atoms with Gasteiger partial charge in [-0.25, -0.2) is 0 Å². The van der Waals surface area contributed by atoms with Crippen molar-refractivity contribution in [3.63, 3.8) is 0 Å². The van der Waals surface area contributed by atoms with Gasteiger partial charge in [-0.3, -0.25) is 4.99 Å². The molecular formula is C19H30IN5O3. The van der Waals surface area contributed by atoms with Crippen LogP contribution in [-0.2, 0) is 11.2 Å². The summed E-state index contributed by atoms with van der Waals surface area (Å²) in [6, 6.07) is 7.62. The average molecular weight is 503 g/mol. The number of guanidine groups is 1. The molecular weight excluding hydrogens is 473 g/mol. The lowest BCUT2D eigenvalue weighted by molar-refractivity contribution is 0.203. The van der Waals surface area contributed by atoms with Crippen LogP contribution in [0.1, 0.15) is 25.2 Å². The summed E-state index contributed by atoms with van der Waals surface area (Å²) < 4.78 is 15.5. The molecule has 0 bridgehead atoms. The van der Waals surface area contributed by atoms with Crippen molar-refractivity contribution in [1.29, 1.82) is 0 Å². The predicted molar refractivity (Wildman–Crippen MR) is 120 cm³/mol. The number of hydrogen-bond donors (Lipinski definition) is 2. The number of benzene rings is 1. The molecule has 2 N–H and O–H groups in total. The Hall–Kier alpha value is -1.88. The van der Waals surface area contributed by atoms with Crippen LogP contribution in [0.25, 0.3) is 11.4 Å². The summed E-state index contributed by atoms with van der Waals surface area (Å²) in [6.45, 7) is 2.26. The summed E-state index contributed by atoms with van der Waals surface area (Å²) in [5.74, 6) is 2.89. The molecule has 1 heterocycles. The fourth-order valence-corrected chi connectivity index (χ4v) is 2.49. The number of aliphatic imine (C=N–C) groups is 1. The lowest BCUT2D eigenvalue weighted by Crippen LogP contribution is -2.39. The van der Waals surface area contributed by atoms with Crippen LogP contribution in [0.2, 0.25) is 0 Å². The maximum absolute atomic E-state index is 5.34. The largest absolute Gasteiger partial charge is 0.497 e. The highest BCUT2D eigenvalue weighted by Crippen LogP contribution is 2.20. The second-order valence-corrected chi connectivity index (χ2v) is 5.97. The molecule has 0 amide bonds. The maximum Gasteiger partial charge on any atom is 0.226 e. The summed E-state index contributed by atoms with van der Waals surface area (Å²) in [6.07, 6.45) is 3.90. The molecule has 0 aliphatic rings. The van der Waals surface area contributed by atoms with Gasteiger partial charge in [0.05, 0.1) is 13.7 Å². The Morgan fingerprint density at radius 2 is 1.82 bits per heavy atom. The number of rotatable bonds is 11. The third-order valence-corrected chi connectivity index (χ3v) is 4.00. The summed E-state index contributed by atoms with van der Waals surface area (Å²) in [5, 5.41) is 10.5. The fourth-order valence-electron chi connectivity index (χ4n) is 2.49. The van der Waals surface area contributed by atoms with Gasteiger partial charge in [-0.2, -0.15) is 4.98 Å². The second-order valence-electron chi connectivity index (χ2n) is 5.97. The molecule has 0 aliphatic heterocycles. The van der Waals surface area contributed by atoms with E-state index in [0.717, 1.165) is 56.0 Å². The highest BCUT2D eigenvalue weighted by atomic mass is 127. The molecule has 0 fully saturated rings. The molecule has 0 saturated heterocycles. The highest BCUT2D eigenvalue weighted by Gasteiger charge is 2.08. The van der Waals surface area contributed by atoms with Gasteiger partial charge in [0.15, 0.2) is 5.96 Å². The van der Waals surface area contributed by atoms with Crippen molar-refractivity contribution < 1.29 is 14.0 Å². The van der Waals surface area contributed by atoms with Gasteiger partial charge < -0.3 is 24.6 Å². The number of nitrogens with zero attached hydrogens (tertiary/aromatic N) is 3. The molecule has 2 rings (SSSR count). The number of aromatic nitrogens is 2. The van der Waals surface area contributed by atoms with E-state index in [1.165, 1.54) is 0 Å². The quantitative estimate of drug-likeness (QED) is 0.211. The lowest BCUT2D eigenvalue weighted by atomic mass is 10.2. The van der Waals surface area contributed by atoms with E-state index in [2.05, 4.69) is 25.8 Å². The van der Waals surface area contributed by atoms with Crippen LogP contribution in [-0.4, -0.2) is 57.1 Å². The highest BCUT2D eigenvalue weighted by molar-refractivity contribution is 14.0. The molecule has 0 radical (unpaired) electrons. The number of halogens is 1. The van der Waals surface area contributed by atoms with Gasteiger partial charge in [0.1, 0.15) is 5.75 Å². The Kier molecular flexibility index (Phi) is 12.2. The Balaban J connectivity index is 0.00000392. The minimum Gasteiger partial charge on any atom is -0.497 e. The van der Waals surface area contributed by atoms with Crippen molar-refractivity contribution in [3.05, 3.63) is 30.2 Å². The molecule has 8 nitrogen and oxygen atoms in total. The van der Waals surface area contributed by atoms with Gasteiger partial charge in [0, 0.05) is 39.2 Å². The van der Waals surface area contributed by atoms with Crippen LogP contribution < -0.4 is 15.4 Å². The van der Waals surface area contributed by atoms with E-state index in [9.17, 15) is 0 Å². The van der Waals surface area contributed by atoms with Crippen molar-refractivity contribution in [2.45, 2.75) is 25.7 Å². The molecule has 1 aromatic carbocycles. The minimum absolute atomic E-state index is 0. The second kappa shape index (κ2) is 14.2. The van der Waals surface area contributed by atoms with E-state index in [1.807, 2.05) is 24.3 Å². The fraction of sp³-hybridized carbons (Fsp3) is 0.526. The van der Waals surface area contributed by atoms with Crippen molar-refractivity contribution in [2.75, 3.05) is 41.0 Å². The number of ether oxygens (including phenoxy) is 2. The van der Waals surface area contributed by atoms with E-state index in [4.69, 9.17) is 14.0 Å². The standard InChI is InChI=1S/C19H29N5O3.HI/c1-20-19(22-13-14-25-2)21-12-6-4-5-7-17-23-18(24-27-17)15-8-10-16(26-3)11-9-15;/h8-11H,4-7,12-14H2,1-3H3,(H2,20,21,22);1H. The smallest absolute Gasteiger partial charge is 0.226 e. The van der Waals surface area contributed by atoms with E-state index >= 15 is 0 Å². The lowest BCUT2D eigenvalue weighted by Gasteiger charge is -2.11. The van der Waals surface area contributed by atoms with E-state index in [1.54, 1.807) is 21.3 Å². The van der Waals surface area contributed by atoms with Crippen molar-refractivity contribution in [3.8, 4) is 17.1 Å². The topological polar surface area (TPSA) is 93.8 Å². The molecule has 9 heteroatoms. The van der Waals surface area contributed by atoms with Gasteiger partial charge in [-0.15, -0.1) is 24.0 Å². The molecule has 1 aromatic heterocycles. The van der Waals surface area contributed by atoms with Gasteiger partial charge in [0.25, 0.3) is 0 Å². The first-order valence-electron chi connectivity index (χ1n) is 9.17. The van der Waals surface area contributed by atoms with Crippen LogP contribution in [0.15, 0.2) is 33.8 Å². The Bertz CT molecular complexity index is 691. The van der Waals surface area contributed by atoms with Gasteiger partial charge in [0.2, 0.25) is 11.7 Å². The van der Waals surface area contributed by atoms with Crippen molar-refractivity contribution in [1.82, 2.24) is 20.8 Å². The first-order valence-corrected chi connectivity index (χ1v) is 9.17. The maximum atomic E-state index is 5.34. The summed E-state index contributed by atoms with van der Waals surface area (Å²) in [7, 11) is 5.09. The Morgan fingerprint density at radius 3 is 2.50 bits per heavy atom. The zero-order valence-corrected chi connectivity index (χ0v) is 19.1. The zero-order valence-electron chi connectivity index (χ0n) is 16.7. The first kappa shape index (κ1) is 24.2. The molecule has 0 atom stereocenters. The molecule has 2 aromatic rings. The summed E-state index contributed by atoms with van der Waals surface area (Å²) >= 11 is 0.